The van der Waals surface area contributed by atoms with E-state index in [0.717, 1.165) is 22.2 Å². The molecule has 0 saturated heterocycles. The summed E-state index contributed by atoms with van der Waals surface area (Å²) >= 11 is 3.43. The van der Waals surface area contributed by atoms with Crippen LogP contribution >= 0.6 is 15.9 Å². The van der Waals surface area contributed by atoms with Crippen molar-refractivity contribution in [3.63, 3.8) is 0 Å². The molecule has 0 amide bonds. The molecular formula is C12H15BrO2. The maximum atomic E-state index is 5.46. The number of ether oxygens (including phenoxy) is 2. The largest absolute Gasteiger partial charge is 0.496 e. The zero-order chi connectivity index (χ0) is 11.1. The van der Waals surface area contributed by atoms with E-state index in [4.69, 9.17) is 9.47 Å². The van der Waals surface area contributed by atoms with Crippen LogP contribution in [0.5, 0.6) is 5.75 Å². The Morgan fingerprint density at radius 1 is 1.47 bits per heavy atom. The predicted molar refractivity (Wildman–Crippen MR) is 65.2 cm³/mol. The molecule has 1 rings (SSSR count). The third kappa shape index (κ3) is 4.06. The van der Waals surface area contributed by atoms with E-state index in [0.29, 0.717) is 13.2 Å². The normalized spacial score (nSPS) is 10.0. The molecule has 2 nitrogen and oxygen atoms in total. The van der Waals surface area contributed by atoms with E-state index in [1.807, 2.05) is 24.3 Å². The first kappa shape index (κ1) is 12.3. The number of rotatable bonds is 6. The molecular weight excluding hydrogens is 256 g/mol. The van der Waals surface area contributed by atoms with Gasteiger partial charge in [0.2, 0.25) is 0 Å². The Morgan fingerprint density at radius 2 is 2.27 bits per heavy atom. The lowest BCUT2D eigenvalue weighted by Crippen LogP contribution is -1.95. The molecule has 0 unspecified atom stereocenters. The molecule has 0 fully saturated rings. The molecule has 0 aromatic heterocycles. The molecule has 0 spiro atoms. The highest BCUT2D eigenvalue weighted by Gasteiger charge is 2.00. The summed E-state index contributed by atoms with van der Waals surface area (Å²) in [5.41, 5.74) is 1.13. The molecule has 1 aromatic carbocycles. The summed E-state index contributed by atoms with van der Waals surface area (Å²) in [4.78, 5) is 0. The van der Waals surface area contributed by atoms with Crippen molar-refractivity contribution in [1.82, 2.24) is 0 Å². The van der Waals surface area contributed by atoms with Gasteiger partial charge in [0, 0.05) is 0 Å². The van der Waals surface area contributed by atoms with Crippen LogP contribution in [-0.4, -0.2) is 13.7 Å². The zero-order valence-corrected chi connectivity index (χ0v) is 10.4. The van der Waals surface area contributed by atoms with Gasteiger partial charge in [-0.3, -0.25) is 0 Å². The molecule has 15 heavy (non-hydrogen) atoms. The Hall–Kier alpha value is -0.800. The van der Waals surface area contributed by atoms with Crippen molar-refractivity contribution >= 4 is 15.9 Å². The second kappa shape index (κ2) is 6.64. The molecule has 0 radical (unpaired) electrons. The van der Waals surface area contributed by atoms with Crippen LogP contribution < -0.4 is 4.74 Å². The van der Waals surface area contributed by atoms with Crippen LogP contribution in [-0.2, 0) is 11.3 Å². The number of benzene rings is 1. The van der Waals surface area contributed by atoms with Crippen molar-refractivity contribution in [3.8, 4) is 5.75 Å². The van der Waals surface area contributed by atoms with Crippen LogP contribution in [0.2, 0.25) is 0 Å². The quantitative estimate of drug-likeness (QED) is 0.582. The van der Waals surface area contributed by atoms with Crippen molar-refractivity contribution in [2.45, 2.75) is 13.0 Å². The van der Waals surface area contributed by atoms with Gasteiger partial charge < -0.3 is 9.47 Å². The lowest BCUT2D eigenvalue weighted by molar-refractivity contribution is 0.125. The summed E-state index contributed by atoms with van der Waals surface area (Å²) in [7, 11) is 1.65. The molecule has 1 aromatic rings. The van der Waals surface area contributed by atoms with Gasteiger partial charge in [-0.15, -0.1) is 6.58 Å². The average Bonchev–Trinajstić information content (AvgIpc) is 2.25. The molecule has 0 aliphatic rings. The topological polar surface area (TPSA) is 18.5 Å². The van der Waals surface area contributed by atoms with E-state index in [9.17, 15) is 0 Å². The highest BCUT2D eigenvalue weighted by Crippen LogP contribution is 2.25. The van der Waals surface area contributed by atoms with Crippen LogP contribution in [0.15, 0.2) is 35.3 Å². The average molecular weight is 271 g/mol. The Bertz CT molecular complexity index is 323. The first-order valence-corrected chi connectivity index (χ1v) is 5.58. The van der Waals surface area contributed by atoms with Gasteiger partial charge in [-0.25, -0.2) is 0 Å². The molecule has 0 atom stereocenters. The summed E-state index contributed by atoms with van der Waals surface area (Å²) in [6.45, 7) is 4.97. The lowest BCUT2D eigenvalue weighted by atomic mass is 10.2. The summed E-state index contributed by atoms with van der Waals surface area (Å²) in [5.74, 6) is 0.838. The van der Waals surface area contributed by atoms with Gasteiger partial charge in [-0.05, 0) is 40.0 Å². The van der Waals surface area contributed by atoms with Crippen LogP contribution in [0.1, 0.15) is 12.0 Å². The molecule has 0 aliphatic carbocycles. The molecule has 3 heteroatoms. The number of hydrogen-bond acceptors (Lipinski definition) is 2. The minimum absolute atomic E-state index is 0.621. The minimum Gasteiger partial charge on any atom is -0.496 e. The van der Waals surface area contributed by atoms with E-state index < -0.39 is 0 Å². The van der Waals surface area contributed by atoms with Crippen molar-refractivity contribution in [2.24, 2.45) is 0 Å². The molecule has 0 N–H and O–H groups in total. The van der Waals surface area contributed by atoms with Crippen molar-refractivity contribution in [1.29, 1.82) is 0 Å². The third-order valence-corrected chi connectivity index (χ3v) is 2.57. The SMILES string of the molecule is C=CCCOCc1ccc(OC)c(Br)c1. The molecule has 82 valence electrons. The Balaban J connectivity index is 2.48. The van der Waals surface area contributed by atoms with Gasteiger partial charge in [0.15, 0.2) is 0 Å². The van der Waals surface area contributed by atoms with Crippen LogP contribution in [0.4, 0.5) is 0 Å². The third-order valence-electron chi connectivity index (χ3n) is 1.95. The van der Waals surface area contributed by atoms with Gasteiger partial charge in [-0.2, -0.15) is 0 Å². The second-order valence-electron chi connectivity index (χ2n) is 3.10. The number of hydrogen-bond donors (Lipinski definition) is 0. The zero-order valence-electron chi connectivity index (χ0n) is 8.83. The Labute approximate surface area is 99.0 Å². The van der Waals surface area contributed by atoms with Crippen molar-refractivity contribution < 1.29 is 9.47 Å². The number of methoxy groups -OCH3 is 1. The highest BCUT2D eigenvalue weighted by molar-refractivity contribution is 9.10. The number of halogens is 1. The smallest absolute Gasteiger partial charge is 0.133 e. The fourth-order valence-electron chi connectivity index (χ4n) is 1.16. The van der Waals surface area contributed by atoms with E-state index in [1.165, 1.54) is 0 Å². The standard InChI is InChI=1S/C12H15BrO2/c1-3-4-7-15-9-10-5-6-12(14-2)11(13)8-10/h3,5-6,8H,1,4,7,9H2,2H3. The van der Waals surface area contributed by atoms with Crippen LogP contribution in [0, 0.1) is 0 Å². The van der Waals surface area contributed by atoms with Crippen LogP contribution in [0.3, 0.4) is 0 Å². The maximum absolute atomic E-state index is 5.46. The molecule has 0 heterocycles. The van der Waals surface area contributed by atoms with E-state index in [1.54, 1.807) is 7.11 Å². The summed E-state index contributed by atoms with van der Waals surface area (Å²) < 4.78 is 11.6. The van der Waals surface area contributed by atoms with Crippen LogP contribution in [0.25, 0.3) is 0 Å². The maximum Gasteiger partial charge on any atom is 0.133 e. The van der Waals surface area contributed by atoms with Gasteiger partial charge >= 0.3 is 0 Å². The Kier molecular flexibility index (Phi) is 5.43. The lowest BCUT2D eigenvalue weighted by Gasteiger charge is -2.06. The summed E-state index contributed by atoms with van der Waals surface area (Å²) in [5, 5.41) is 0. The highest BCUT2D eigenvalue weighted by atomic mass is 79.9. The van der Waals surface area contributed by atoms with Gasteiger partial charge in [0.25, 0.3) is 0 Å². The van der Waals surface area contributed by atoms with Gasteiger partial charge in [0.1, 0.15) is 5.75 Å². The predicted octanol–water partition coefficient (Wildman–Crippen LogP) is 3.55. The van der Waals surface area contributed by atoms with E-state index in [-0.39, 0.29) is 0 Å². The van der Waals surface area contributed by atoms with Gasteiger partial charge in [-0.1, -0.05) is 12.1 Å². The fourth-order valence-corrected chi connectivity index (χ4v) is 1.74. The minimum atomic E-state index is 0.621. The first-order valence-electron chi connectivity index (χ1n) is 4.79. The van der Waals surface area contributed by atoms with E-state index >= 15 is 0 Å². The van der Waals surface area contributed by atoms with Gasteiger partial charge in [0.05, 0.1) is 24.8 Å². The Morgan fingerprint density at radius 3 is 2.87 bits per heavy atom. The second-order valence-corrected chi connectivity index (χ2v) is 3.95. The summed E-state index contributed by atoms with van der Waals surface area (Å²) in [6, 6.07) is 5.93. The summed E-state index contributed by atoms with van der Waals surface area (Å²) in [6.07, 6.45) is 2.74. The molecule has 0 aliphatic heterocycles. The van der Waals surface area contributed by atoms with E-state index in [2.05, 4.69) is 22.5 Å². The first-order chi connectivity index (χ1) is 7.27. The molecule has 0 bridgehead atoms. The fraction of sp³-hybridized carbons (Fsp3) is 0.333. The van der Waals surface area contributed by atoms with Crippen molar-refractivity contribution in [2.75, 3.05) is 13.7 Å². The molecule has 0 saturated carbocycles. The van der Waals surface area contributed by atoms with Crippen molar-refractivity contribution in [3.05, 3.63) is 40.9 Å². The monoisotopic (exact) mass is 270 g/mol.